The van der Waals surface area contributed by atoms with Crippen molar-refractivity contribution in [3.8, 4) is 11.5 Å². The zero-order chi connectivity index (χ0) is 21.3. The van der Waals surface area contributed by atoms with Crippen LogP contribution in [0.4, 0.5) is 16.2 Å². The average molecular weight is 539 g/mol. The van der Waals surface area contributed by atoms with Crippen molar-refractivity contribution >= 4 is 47.3 Å². The fourth-order valence-corrected chi connectivity index (χ4v) is 3.30. The third-order valence-electron chi connectivity index (χ3n) is 4.90. The molecule has 3 rings (SSSR count). The zero-order valence-electron chi connectivity index (χ0n) is 18.1. The van der Waals surface area contributed by atoms with Gasteiger partial charge in [-0.2, -0.15) is 0 Å². The van der Waals surface area contributed by atoms with E-state index in [1.165, 1.54) is 0 Å². The van der Waals surface area contributed by atoms with Crippen molar-refractivity contribution in [3.05, 3.63) is 48.0 Å². The van der Waals surface area contributed by atoms with Crippen LogP contribution < -0.4 is 25.4 Å². The monoisotopic (exact) mass is 539 g/mol. The first-order valence-corrected chi connectivity index (χ1v) is 9.97. The number of ether oxygens (including phenoxy) is 2. The van der Waals surface area contributed by atoms with Crippen LogP contribution in [0.25, 0.3) is 0 Å². The van der Waals surface area contributed by atoms with E-state index >= 15 is 0 Å². The molecular formula is C22H30IN5O3. The van der Waals surface area contributed by atoms with Gasteiger partial charge in [-0.3, -0.25) is 4.99 Å². The SMILES string of the molecule is CN=C(NCc1cccc(NC(=O)N2CCCC2)c1)Nc1ccc(OC)c(OC)c1.I. The summed E-state index contributed by atoms with van der Waals surface area (Å²) < 4.78 is 10.6. The number of guanidine groups is 1. The van der Waals surface area contributed by atoms with E-state index in [1.807, 2.05) is 47.4 Å². The predicted octanol–water partition coefficient (Wildman–Crippen LogP) is 4.14. The third kappa shape index (κ3) is 6.91. The molecule has 1 aliphatic rings. The molecule has 0 aliphatic carbocycles. The van der Waals surface area contributed by atoms with E-state index in [9.17, 15) is 4.79 Å². The maximum Gasteiger partial charge on any atom is 0.321 e. The highest BCUT2D eigenvalue weighted by Gasteiger charge is 2.17. The third-order valence-corrected chi connectivity index (χ3v) is 4.90. The number of amides is 2. The van der Waals surface area contributed by atoms with Crippen molar-refractivity contribution in [2.75, 3.05) is 45.0 Å². The van der Waals surface area contributed by atoms with Crippen molar-refractivity contribution in [2.24, 2.45) is 4.99 Å². The van der Waals surface area contributed by atoms with Gasteiger partial charge in [0.25, 0.3) is 0 Å². The summed E-state index contributed by atoms with van der Waals surface area (Å²) in [5.74, 6) is 1.92. The van der Waals surface area contributed by atoms with Crippen LogP contribution in [0.15, 0.2) is 47.5 Å². The Hall–Kier alpha value is -2.69. The molecular weight excluding hydrogens is 509 g/mol. The second-order valence-corrected chi connectivity index (χ2v) is 6.95. The molecule has 3 N–H and O–H groups in total. The number of likely N-dealkylation sites (tertiary alicyclic amines) is 1. The van der Waals surface area contributed by atoms with Crippen LogP contribution in [0.2, 0.25) is 0 Å². The summed E-state index contributed by atoms with van der Waals surface area (Å²) in [6.07, 6.45) is 2.15. The number of hydrogen-bond acceptors (Lipinski definition) is 4. The average Bonchev–Trinajstić information content (AvgIpc) is 3.32. The molecule has 1 aliphatic heterocycles. The summed E-state index contributed by atoms with van der Waals surface area (Å²) in [6, 6.07) is 13.3. The van der Waals surface area contributed by atoms with Gasteiger partial charge >= 0.3 is 6.03 Å². The topological polar surface area (TPSA) is 87.2 Å². The molecule has 0 saturated carbocycles. The molecule has 2 aromatic carbocycles. The second kappa shape index (κ2) is 12.2. The maximum atomic E-state index is 12.3. The molecule has 1 saturated heterocycles. The lowest BCUT2D eigenvalue weighted by Crippen LogP contribution is -2.32. The molecule has 0 aromatic heterocycles. The van der Waals surface area contributed by atoms with Gasteiger partial charge < -0.3 is 30.3 Å². The van der Waals surface area contributed by atoms with Gasteiger partial charge in [-0.25, -0.2) is 4.79 Å². The second-order valence-electron chi connectivity index (χ2n) is 6.95. The zero-order valence-corrected chi connectivity index (χ0v) is 20.4. The first kappa shape index (κ1) is 24.6. The molecule has 0 atom stereocenters. The van der Waals surface area contributed by atoms with Crippen LogP contribution in [0.1, 0.15) is 18.4 Å². The minimum Gasteiger partial charge on any atom is -0.493 e. The number of aliphatic imine (C=N–C) groups is 1. The van der Waals surface area contributed by atoms with Gasteiger partial charge in [0, 0.05) is 44.1 Å². The summed E-state index contributed by atoms with van der Waals surface area (Å²) in [5, 5.41) is 9.49. The van der Waals surface area contributed by atoms with Crippen LogP contribution in [-0.2, 0) is 6.54 Å². The van der Waals surface area contributed by atoms with E-state index < -0.39 is 0 Å². The minimum atomic E-state index is -0.0384. The van der Waals surface area contributed by atoms with Crippen molar-refractivity contribution in [2.45, 2.75) is 19.4 Å². The fraction of sp³-hybridized carbons (Fsp3) is 0.364. The van der Waals surface area contributed by atoms with Crippen LogP contribution >= 0.6 is 24.0 Å². The first-order valence-electron chi connectivity index (χ1n) is 9.97. The Balaban J connectivity index is 0.00000341. The number of rotatable bonds is 6. The smallest absolute Gasteiger partial charge is 0.321 e. The molecule has 0 spiro atoms. The number of benzene rings is 2. The molecule has 2 amide bonds. The summed E-state index contributed by atoms with van der Waals surface area (Å²) in [5.41, 5.74) is 2.64. The number of anilines is 2. The molecule has 1 heterocycles. The van der Waals surface area contributed by atoms with E-state index in [0.29, 0.717) is 24.0 Å². The van der Waals surface area contributed by atoms with Gasteiger partial charge in [0.2, 0.25) is 0 Å². The standard InChI is InChI=1S/C22H29N5O3.HI/c1-23-21(25-18-9-10-19(29-2)20(14-18)30-3)24-15-16-7-6-8-17(13-16)26-22(28)27-11-4-5-12-27;/h6-10,13-14H,4-5,11-12,15H2,1-3H3,(H,26,28)(H2,23,24,25);1H. The Morgan fingerprint density at radius 2 is 1.71 bits per heavy atom. The largest absolute Gasteiger partial charge is 0.493 e. The van der Waals surface area contributed by atoms with E-state index in [-0.39, 0.29) is 30.0 Å². The summed E-state index contributed by atoms with van der Waals surface area (Å²) in [4.78, 5) is 18.4. The van der Waals surface area contributed by atoms with Crippen molar-refractivity contribution in [1.29, 1.82) is 0 Å². The van der Waals surface area contributed by atoms with Crippen LogP contribution in [0, 0.1) is 0 Å². The van der Waals surface area contributed by atoms with Gasteiger partial charge in [0.1, 0.15) is 0 Å². The minimum absolute atomic E-state index is 0. The summed E-state index contributed by atoms with van der Waals surface area (Å²) in [6.45, 7) is 2.21. The van der Waals surface area contributed by atoms with Crippen LogP contribution in [0.5, 0.6) is 11.5 Å². The van der Waals surface area contributed by atoms with Crippen LogP contribution in [-0.4, -0.2) is 51.2 Å². The molecule has 168 valence electrons. The van der Waals surface area contributed by atoms with E-state index in [2.05, 4.69) is 20.9 Å². The van der Waals surface area contributed by atoms with Gasteiger partial charge in [-0.15, -0.1) is 24.0 Å². The molecule has 1 fully saturated rings. The summed E-state index contributed by atoms with van der Waals surface area (Å²) >= 11 is 0. The lowest BCUT2D eigenvalue weighted by Gasteiger charge is -2.17. The molecule has 8 nitrogen and oxygen atoms in total. The van der Waals surface area contributed by atoms with Gasteiger partial charge in [0.15, 0.2) is 17.5 Å². The normalized spacial score (nSPS) is 13.3. The Morgan fingerprint density at radius 1 is 1.00 bits per heavy atom. The van der Waals surface area contributed by atoms with Gasteiger partial charge in [0.05, 0.1) is 14.2 Å². The summed E-state index contributed by atoms with van der Waals surface area (Å²) in [7, 11) is 4.92. The number of halogens is 1. The molecule has 0 bridgehead atoms. The predicted molar refractivity (Wildman–Crippen MR) is 135 cm³/mol. The Bertz CT molecular complexity index is 900. The molecule has 2 aromatic rings. The fourth-order valence-electron chi connectivity index (χ4n) is 3.30. The quantitative estimate of drug-likeness (QED) is 0.292. The van der Waals surface area contributed by atoms with Crippen molar-refractivity contribution in [1.82, 2.24) is 10.2 Å². The Morgan fingerprint density at radius 3 is 2.39 bits per heavy atom. The molecule has 9 heteroatoms. The van der Waals surface area contributed by atoms with E-state index in [0.717, 1.165) is 42.9 Å². The molecule has 31 heavy (non-hydrogen) atoms. The lowest BCUT2D eigenvalue weighted by atomic mass is 10.2. The van der Waals surface area contributed by atoms with Crippen molar-refractivity contribution < 1.29 is 14.3 Å². The number of hydrogen-bond donors (Lipinski definition) is 3. The highest BCUT2D eigenvalue weighted by atomic mass is 127. The van der Waals surface area contributed by atoms with Crippen LogP contribution in [0.3, 0.4) is 0 Å². The number of carbonyl (C=O) groups excluding carboxylic acids is 1. The van der Waals surface area contributed by atoms with E-state index in [1.54, 1.807) is 21.3 Å². The Labute approximate surface area is 200 Å². The van der Waals surface area contributed by atoms with E-state index in [4.69, 9.17) is 9.47 Å². The first-order chi connectivity index (χ1) is 14.6. The number of carbonyl (C=O) groups is 1. The lowest BCUT2D eigenvalue weighted by molar-refractivity contribution is 0.222. The number of urea groups is 1. The van der Waals surface area contributed by atoms with Gasteiger partial charge in [-0.05, 0) is 42.7 Å². The highest BCUT2D eigenvalue weighted by Crippen LogP contribution is 2.29. The molecule has 0 unspecified atom stereocenters. The highest BCUT2D eigenvalue weighted by molar-refractivity contribution is 14.0. The number of nitrogens with zero attached hydrogens (tertiary/aromatic N) is 2. The van der Waals surface area contributed by atoms with Gasteiger partial charge in [-0.1, -0.05) is 12.1 Å². The molecule has 0 radical (unpaired) electrons. The Kier molecular flexibility index (Phi) is 9.70. The number of methoxy groups -OCH3 is 2. The number of nitrogens with one attached hydrogen (secondary N) is 3. The maximum absolute atomic E-state index is 12.3. The van der Waals surface area contributed by atoms with Crippen molar-refractivity contribution in [3.63, 3.8) is 0 Å².